The molecule has 5 nitrogen and oxygen atoms in total. The topological polar surface area (TPSA) is 81.4 Å². The molecule has 0 aliphatic rings. The third-order valence-corrected chi connectivity index (χ3v) is 4.74. The van der Waals surface area contributed by atoms with Crippen molar-refractivity contribution >= 4 is 11.9 Å². The fourth-order valence-corrected chi connectivity index (χ4v) is 3.22. The van der Waals surface area contributed by atoms with Crippen LogP contribution in [-0.4, -0.2) is 27.9 Å². The first-order chi connectivity index (χ1) is 13.9. The van der Waals surface area contributed by atoms with Crippen LogP contribution in [0.3, 0.4) is 0 Å². The third-order valence-electron chi connectivity index (χ3n) is 4.74. The van der Waals surface area contributed by atoms with Crippen LogP contribution in [-0.2, 0) is 16.1 Å². The number of hydrogen-bond acceptors (Lipinski definition) is 3. The molecule has 2 aromatic rings. The second-order valence-corrected chi connectivity index (χ2v) is 7.07. The molecule has 1 amide bonds. The highest BCUT2D eigenvalue weighted by molar-refractivity contribution is 5.86. The summed E-state index contributed by atoms with van der Waals surface area (Å²) in [5, 5.41) is 18.9. The minimum atomic E-state index is -1.08. The van der Waals surface area contributed by atoms with Crippen molar-refractivity contribution in [3.63, 3.8) is 0 Å². The summed E-state index contributed by atoms with van der Waals surface area (Å²) in [6.07, 6.45) is 1.88. The van der Waals surface area contributed by atoms with Crippen molar-refractivity contribution < 1.29 is 14.7 Å². The smallest absolute Gasteiger partial charge is 0.330 e. The van der Waals surface area contributed by atoms with Crippen LogP contribution in [0.4, 0.5) is 0 Å². The molecule has 0 spiro atoms. The van der Waals surface area contributed by atoms with Crippen LogP contribution in [0, 0.1) is 11.3 Å². The molecule has 0 bridgehead atoms. The molecule has 1 N–H and O–H groups in total. The van der Waals surface area contributed by atoms with Crippen LogP contribution in [0.5, 0.6) is 0 Å². The molecule has 0 fully saturated rings. The summed E-state index contributed by atoms with van der Waals surface area (Å²) in [6.45, 7) is 7.57. The van der Waals surface area contributed by atoms with E-state index in [0.29, 0.717) is 24.0 Å². The Kier molecular flexibility index (Phi) is 7.73. The van der Waals surface area contributed by atoms with E-state index in [4.69, 9.17) is 0 Å². The van der Waals surface area contributed by atoms with Gasteiger partial charge >= 0.3 is 5.97 Å². The summed E-state index contributed by atoms with van der Waals surface area (Å²) in [6, 6.07) is 16.0. The van der Waals surface area contributed by atoms with Gasteiger partial charge in [0, 0.05) is 13.0 Å². The van der Waals surface area contributed by atoms with E-state index in [1.165, 1.54) is 4.90 Å². The van der Waals surface area contributed by atoms with Gasteiger partial charge in [0.25, 0.3) is 0 Å². The minimum absolute atomic E-state index is 0.187. The molecule has 2 rings (SSSR count). The van der Waals surface area contributed by atoms with E-state index in [-0.39, 0.29) is 12.5 Å². The van der Waals surface area contributed by atoms with E-state index in [2.05, 4.69) is 12.6 Å². The summed E-state index contributed by atoms with van der Waals surface area (Å²) in [5.74, 6) is -1.27. The van der Waals surface area contributed by atoms with Crippen LogP contribution in [0.2, 0.25) is 0 Å². The van der Waals surface area contributed by atoms with Crippen molar-refractivity contribution in [1.29, 1.82) is 5.26 Å². The molecule has 0 aromatic heterocycles. The van der Waals surface area contributed by atoms with Crippen molar-refractivity contribution in [1.82, 2.24) is 4.90 Å². The third kappa shape index (κ3) is 5.55. The Morgan fingerprint density at radius 2 is 1.83 bits per heavy atom. The average molecular weight is 390 g/mol. The number of unbranched alkanes of at least 4 members (excludes halogenated alkanes) is 1. The second-order valence-electron chi connectivity index (χ2n) is 7.07. The number of nitrogens with zero attached hydrogens (tertiary/aromatic N) is 2. The van der Waals surface area contributed by atoms with Crippen LogP contribution in [0.25, 0.3) is 11.1 Å². The van der Waals surface area contributed by atoms with Crippen molar-refractivity contribution in [3.05, 3.63) is 71.8 Å². The van der Waals surface area contributed by atoms with Crippen LogP contribution in [0.1, 0.15) is 44.2 Å². The number of rotatable bonds is 9. The van der Waals surface area contributed by atoms with Gasteiger partial charge < -0.3 is 10.0 Å². The van der Waals surface area contributed by atoms with Gasteiger partial charge in [-0.05, 0) is 41.7 Å². The fourth-order valence-electron chi connectivity index (χ4n) is 3.22. The summed E-state index contributed by atoms with van der Waals surface area (Å²) >= 11 is 0. The van der Waals surface area contributed by atoms with E-state index in [0.717, 1.165) is 23.1 Å². The number of carboxylic acid groups (broad SMARTS) is 1. The van der Waals surface area contributed by atoms with E-state index in [1.54, 1.807) is 13.0 Å². The number of carboxylic acids is 1. The largest absolute Gasteiger partial charge is 0.479 e. The molecule has 0 radical (unpaired) electrons. The lowest BCUT2D eigenvalue weighted by molar-refractivity contribution is -0.149. The molecule has 0 saturated heterocycles. The Morgan fingerprint density at radius 1 is 1.17 bits per heavy atom. The molecule has 150 valence electrons. The summed E-state index contributed by atoms with van der Waals surface area (Å²) in [5.41, 5.74) is 3.56. The van der Waals surface area contributed by atoms with Gasteiger partial charge in [0.05, 0.1) is 11.6 Å². The van der Waals surface area contributed by atoms with Gasteiger partial charge in [-0.3, -0.25) is 4.79 Å². The van der Waals surface area contributed by atoms with E-state index < -0.39 is 12.0 Å². The molecule has 0 saturated carbocycles. The lowest BCUT2D eigenvalue weighted by Gasteiger charge is -2.29. The maximum atomic E-state index is 12.7. The Labute approximate surface area is 171 Å². The molecule has 0 aliphatic carbocycles. The number of aliphatic carboxylic acids is 1. The minimum Gasteiger partial charge on any atom is -0.479 e. The van der Waals surface area contributed by atoms with Gasteiger partial charge in [0.2, 0.25) is 5.91 Å². The molecule has 2 aromatic carbocycles. The molecule has 5 heteroatoms. The standard InChI is InChI=1S/C24H26N2O3/c1-4-5-10-22(27)26(23(17(2)3)24(28)29)16-18-11-13-19(14-12-18)21-9-7-6-8-20(21)15-25/h6-9,11-14,23H,2,4-5,10,16H2,1,3H3,(H,28,29). The summed E-state index contributed by atoms with van der Waals surface area (Å²) < 4.78 is 0. The monoisotopic (exact) mass is 390 g/mol. The molecule has 0 heterocycles. The van der Waals surface area contributed by atoms with Crippen LogP contribution < -0.4 is 0 Å². The number of nitriles is 1. The van der Waals surface area contributed by atoms with E-state index in [1.807, 2.05) is 49.4 Å². The lowest BCUT2D eigenvalue weighted by Crippen LogP contribution is -2.45. The quantitative estimate of drug-likeness (QED) is 0.625. The van der Waals surface area contributed by atoms with Crippen molar-refractivity contribution in [2.24, 2.45) is 0 Å². The number of carbonyl (C=O) groups excluding carboxylic acids is 1. The Bertz CT molecular complexity index is 912. The van der Waals surface area contributed by atoms with Crippen LogP contribution >= 0.6 is 0 Å². The zero-order valence-electron chi connectivity index (χ0n) is 16.9. The van der Waals surface area contributed by atoms with Crippen molar-refractivity contribution in [3.8, 4) is 17.2 Å². The van der Waals surface area contributed by atoms with Crippen molar-refractivity contribution in [2.45, 2.75) is 45.7 Å². The molecule has 0 aliphatic heterocycles. The second kappa shape index (κ2) is 10.2. The van der Waals surface area contributed by atoms with E-state index in [9.17, 15) is 20.0 Å². The lowest BCUT2D eigenvalue weighted by atomic mass is 9.99. The SMILES string of the molecule is C=C(C)C(C(=O)O)N(Cc1ccc(-c2ccccc2C#N)cc1)C(=O)CCCC. The normalized spacial score (nSPS) is 11.3. The highest BCUT2D eigenvalue weighted by Crippen LogP contribution is 2.24. The predicted molar refractivity (Wildman–Crippen MR) is 113 cm³/mol. The fraction of sp³-hybridized carbons (Fsp3) is 0.292. The van der Waals surface area contributed by atoms with Gasteiger partial charge in [-0.25, -0.2) is 4.79 Å². The highest BCUT2D eigenvalue weighted by Gasteiger charge is 2.30. The first-order valence-electron chi connectivity index (χ1n) is 9.65. The maximum Gasteiger partial charge on any atom is 0.330 e. The number of amides is 1. The molecular weight excluding hydrogens is 364 g/mol. The van der Waals surface area contributed by atoms with Crippen LogP contribution in [0.15, 0.2) is 60.7 Å². The van der Waals surface area contributed by atoms with Gasteiger partial charge in [-0.1, -0.05) is 62.4 Å². The van der Waals surface area contributed by atoms with E-state index >= 15 is 0 Å². The summed E-state index contributed by atoms with van der Waals surface area (Å²) in [7, 11) is 0. The van der Waals surface area contributed by atoms with Crippen molar-refractivity contribution in [2.75, 3.05) is 0 Å². The predicted octanol–water partition coefficient (Wildman–Crippen LogP) is 4.77. The van der Waals surface area contributed by atoms with Gasteiger partial charge in [0.1, 0.15) is 0 Å². The molecule has 1 atom stereocenters. The first-order valence-corrected chi connectivity index (χ1v) is 9.65. The Hall–Kier alpha value is -3.39. The maximum absolute atomic E-state index is 12.7. The van der Waals surface area contributed by atoms with Gasteiger partial charge in [0.15, 0.2) is 6.04 Å². The zero-order chi connectivity index (χ0) is 21.4. The molecule has 1 unspecified atom stereocenters. The number of benzene rings is 2. The number of carbonyl (C=O) groups is 2. The summed E-state index contributed by atoms with van der Waals surface area (Å²) in [4.78, 5) is 25.9. The average Bonchev–Trinajstić information content (AvgIpc) is 2.71. The molecular formula is C24H26N2O3. The first kappa shape index (κ1) is 21.9. The molecule has 29 heavy (non-hydrogen) atoms. The number of hydrogen-bond donors (Lipinski definition) is 1. The highest BCUT2D eigenvalue weighted by atomic mass is 16.4. The Balaban J connectivity index is 2.31. The van der Waals surface area contributed by atoms with Gasteiger partial charge in [-0.15, -0.1) is 0 Å². The Morgan fingerprint density at radius 3 is 2.38 bits per heavy atom. The zero-order valence-corrected chi connectivity index (χ0v) is 16.9. The van der Waals surface area contributed by atoms with Gasteiger partial charge in [-0.2, -0.15) is 5.26 Å².